The van der Waals surface area contributed by atoms with Crippen molar-refractivity contribution in [1.82, 2.24) is 5.32 Å². The number of carbonyl (C=O) groups excluding carboxylic acids is 2. The van der Waals surface area contributed by atoms with E-state index in [1.807, 2.05) is 20.8 Å². The first kappa shape index (κ1) is 14.9. The number of hydrogen-bond acceptors (Lipinski definition) is 4. The third kappa shape index (κ3) is 7.23. The zero-order valence-corrected chi connectivity index (χ0v) is 10.3. The lowest BCUT2D eigenvalue weighted by Gasteiger charge is -2.13. The number of primary amides is 1. The van der Waals surface area contributed by atoms with Gasteiger partial charge in [0.1, 0.15) is 0 Å². The van der Waals surface area contributed by atoms with Gasteiger partial charge >= 0.3 is 5.97 Å². The van der Waals surface area contributed by atoms with Gasteiger partial charge in [-0.3, -0.25) is 9.59 Å². The third-order valence-electron chi connectivity index (χ3n) is 2.07. The summed E-state index contributed by atoms with van der Waals surface area (Å²) in [4.78, 5) is 22.0. The minimum absolute atomic E-state index is 0.0746. The van der Waals surface area contributed by atoms with Crippen LogP contribution in [0, 0.1) is 0 Å². The Kier molecular flexibility index (Phi) is 7.54. The quantitative estimate of drug-likeness (QED) is 0.472. The Bertz CT molecular complexity index is 229. The molecule has 3 N–H and O–H groups in total. The first-order valence-electron chi connectivity index (χ1n) is 5.69. The van der Waals surface area contributed by atoms with Gasteiger partial charge < -0.3 is 15.8 Å². The number of carbonyl (C=O) groups is 2. The maximum atomic E-state index is 11.2. The van der Waals surface area contributed by atoms with E-state index in [0.717, 1.165) is 0 Å². The van der Waals surface area contributed by atoms with Crippen LogP contribution in [0.1, 0.15) is 40.0 Å². The van der Waals surface area contributed by atoms with Crippen molar-refractivity contribution in [2.24, 2.45) is 5.73 Å². The summed E-state index contributed by atoms with van der Waals surface area (Å²) in [6, 6.07) is -0.305. The zero-order chi connectivity index (χ0) is 12.6. The van der Waals surface area contributed by atoms with Crippen molar-refractivity contribution in [3.05, 3.63) is 0 Å². The van der Waals surface area contributed by atoms with E-state index in [9.17, 15) is 9.59 Å². The van der Waals surface area contributed by atoms with Crippen LogP contribution in [0.3, 0.4) is 0 Å². The topological polar surface area (TPSA) is 81.4 Å². The van der Waals surface area contributed by atoms with Crippen LogP contribution in [-0.2, 0) is 14.3 Å². The number of esters is 1. The molecule has 0 aromatic carbocycles. The highest BCUT2D eigenvalue weighted by atomic mass is 16.5. The Hall–Kier alpha value is -1.10. The van der Waals surface area contributed by atoms with Crippen molar-refractivity contribution in [3.8, 4) is 0 Å². The second-order valence-electron chi connectivity index (χ2n) is 3.96. The van der Waals surface area contributed by atoms with E-state index in [0.29, 0.717) is 25.8 Å². The van der Waals surface area contributed by atoms with Gasteiger partial charge in [-0.05, 0) is 33.2 Å². The van der Waals surface area contributed by atoms with Gasteiger partial charge in [0, 0.05) is 6.42 Å². The summed E-state index contributed by atoms with van der Waals surface area (Å²) in [5.74, 6) is -0.559. The summed E-state index contributed by atoms with van der Waals surface area (Å²) >= 11 is 0. The highest BCUT2D eigenvalue weighted by Gasteiger charge is 2.11. The molecule has 0 heterocycles. The van der Waals surface area contributed by atoms with Crippen molar-refractivity contribution in [2.75, 3.05) is 6.54 Å². The van der Waals surface area contributed by atoms with Gasteiger partial charge in [-0.25, -0.2) is 0 Å². The minimum atomic E-state index is -0.354. The van der Waals surface area contributed by atoms with Gasteiger partial charge in [-0.2, -0.15) is 0 Å². The SMILES string of the molecule is CC[C@H](NCCCC(=O)OC(C)C)C(N)=O. The smallest absolute Gasteiger partial charge is 0.306 e. The molecule has 0 spiro atoms. The molecule has 0 fully saturated rings. The maximum absolute atomic E-state index is 11.2. The van der Waals surface area contributed by atoms with Gasteiger partial charge in [0.2, 0.25) is 5.91 Å². The van der Waals surface area contributed by atoms with Crippen molar-refractivity contribution in [1.29, 1.82) is 0 Å². The first-order valence-corrected chi connectivity index (χ1v) is 5.69. The van der Waals surface area contributed by atoms with Crippen LogP contribution in [0.4, 0.5) is 0 Å². The van der Waals surface area contributed by atoms with E-state index in [-0.39, 0.29) is 24.0 Å². The highest BCUT2D eigenvalue weighted by Crippen LogP contribution is 1.97. The summed E-state index contributed by atoms with van der Waals surface area (Å²) in [5.41, 5.74) is 5.16. The van der Waals surface area contributed by atoms with E-state index in [1.54, 1.807) is 0 Å². The van der Waals surface area contributed by atoms with E-state index < -0.39 is 0 Å². The number of ether oxygens (including phenoxy) is 1. The Morgan fingerprint density at radius 1 is 1.38 bits per heavy atom. The molecule has 0 aliphatic carbocycles. The summed E-state index contributed by atoms with van der Waals surface area (Å²) in [5, 5.41) is 3.00. The average molecular weight is 230 g/mol. The van der Waals surface area contributed by atoms with Crippen LogP contribution in [-0.4, -0.2) is 30.6 Å². The molecule has 0 bridgehead atoms. The molecule has 0 radical (unpaired) electrons. The van der Waals surface area contributed by atoms with Crippen molar-refractivity contribution < 1.29 is 14.3 Å². The lowest BCUT2D eigenvalue weighted by molar-refractivity contribution is -0.147. The molecular weight excluding hydrogens is 208 g/mol. The number of rotatable bonds is 8. The number of nitrogens with two attached hydrogens (primary N) is 1. The van der Waals surface area contributed by atoms with Crippen molar-refractivity contribution >= 4 is 11.9 Å². The molecule has 0 unspecified atom stereocenters. The van der Waals surface area contributed by atoms with E-state index in [1.165, 1.54) is 0 Å². The predicted octanol–water partition coefficient (Wildman–Crippen LogP) is 0.572. The number of nitrogens with one attached hydrogen (secondary N) is 1. The van der Waals surface area contributed by atoms with Gasteiger partial charge in [-0.15, -0.1) is 0 Å². The van der Waals surface area contributed by atoms with Crippen LogP contribution in [0.25, 0.3) is 0 Å². The van der Waals surface area contributed by atoms with Gasteiger partial charge in [0.05, 0.1) is 12.1 Å². The Labute approximate surface area is 96.7 Å². The van der Waals surface area contributed by atoms with Crippen molar-refractivity contribution in [2.45, 2.75) is 52.2 Å². The molecule has 0 saturated carbocycles. The fraction of sp³-hybridized carbons (Fsp3) is 0.818. The molecular formula is C11H22N2O3. The Morgan fingerprint density at radius 3 is 2.44 bits per heavy atom. The van der Waals surface area contributed by atoms with Crippen LogP contribution in [0.15, 0.2) is 0 Å². The van der Waals surface area contributed by atoms with E-state index in [4.69, 9.17) is 10.5 Å². The fourth-order valence-electron chi connectivity index (χ4n) is 1.28. The molecule has 5 nitrogen and oxygen atoms in total. The molecule has 0 aromatic heterocycles. The molecule has 1 amide bonds. The predicted molar refractivity (Wildman–Crippen MR) is 61.7 cm³/mol. The molecule has 1 atom stereocenters. The average Bonchev–Trinajstić information content (AvgIpc) is 2.16. The van der Waals surface area contributed by atoms with Crippen LogP contribution in [0.5, 0.6) is 0 Å². The second kappa shape index (κ2) is 8.10. The van der Waals surface area contributed by atoms with Crippen molar-refractivity contribution in [3.63, 3.8) is 0 Å². The summed E-state index contributed by atoms with van der Waals surface area (Å²) in [6.45, 7) is 6.11. The van der Waals surface area contributed by atoms with Crippen LogP contribution >= 0.6 is 0 Å². The standard InChI is InChI=1S/C11H22N2O3/c1-4-9(11(12)15)13-7-5-6-10(14)16-8(2)3/h8-9,13H,4-7H2,1-3H3,(H2,12,15)/t9-/m0/s1. The second-order valence-corrected chi connectivity index (χ2v) is 3.96. The molecule has 5 heteroatoms. The van der Waals surface area contributed by atoms with Crippen LogP contribution < -0.4 is 11.1 Å². The van der Waals surface area contributed by atoms with Gasteiger partial charge in [0.25, 0.3) is 0 Å². The molecule has 0 aliphatic heterocycles. The molecule has 0 aromatic rings. The lowest BCUT2D eigenvalue weighted by Crippen LogP contribution is -2.41. The Morgan fingerprint density at radius 2 is 2.00 bits per heavy atom. The summed E-state index contributed by atoms with van der Waals surface area (Å²) < 4.78 is 4.97. The van der Waals surface area contributed by atoms with Gasteiger partial charge in [0.15, 0.2) is 0 Å². The largest absolute Gasteiger partial charge is 0.463 e. The molecule has 0 rings (SSSR count). The maximum Gasteiger partial charge on any atom is 0.306 e. The zero-order valence-electron chi connectivity index (χ0n) is 10.3. The number of amides is 1. The van der Waals surface area contributed by atoms with E-state index >= 15 is 0 Å². The Balaban J connectivity index is 3.59. The summed E-state index contributed by atoms with van der Waals surface area (Å²) in [7, 11) is 0. The third-order valence-corrected chi connectivity index (χ3v) is 2.07. The van der Waals surface area contributed by atoms with Gasteiger partial charge in [-0.1, -0.05) is 6.92 Å². The van der Waals surface area contributed by atoms with Crippen LogP contribution in [0.2, 0.25) is 0 Å². The number of hydrogen-bond donors (Lipinski definition) is 2. The fourth-order valence-corrected chi connectivity index (χ4v) is 1.28. The minimum Gasteiger partial charge on any atom is -0.463 e. The molecule has 16 heavy (non-hydrogen) atoms. The molecule has 0 aliphatic rings. The normalized spacial score (nSPS) is 12.5. The lowest BCUT2D eigenvalue weighted by atomic mass is 10.2. The van der Waals surface area contributed by atoms with E-state index in [2.05, 4.69) is 5.32 Å². The first-order chi connectivity index (χ1) is 7.47. The monoisotopic (exact) mass is 230 g/mol. The molecule has 94 valence electrons. The molecule has 0 saturated heterocycles. The highest BCUT2D eigenvalue weighted by molar-refractivity contribution is 5.79. The summed E-state index contributed by atoms with van der Waals surface area (Å²) in [6.07, 6.45) is 1.59.